The molecule has 1 aromatic carbocycles. The molecule has 1 N–H and O–H groups in total. The molecule has 174 valence electrons. The highest BCUT2D eigenvalue weighted by Crippen LogP contribution is 2.40. The summed E-state index contributed by atoms with van der Waals surface area (Å²) >= 11 is 1.17. The van der Waals surface area contributed by atoms with E-state index in [-0.39, 0.29) is 35.1 Å². The van der Waals surface area contributed by atoms with Crippen LogP contribution in [0, 0.1) is 0 Å². The van der Waals surface area contributed by atoms with Gasteiger partial charge in [-0.15, -0.1) is 11.3 Å². The van der Waals surface area contributed by atoms with Crippen molar-refractivity contribution in [1.29, 1.82) is 0 Å². The first-order valence-corrected chi connectivity index (χ1v) is 11.7. The summed E-state index contributed by atoms with van der Waals surface area (Å²) in [7, 11) is 0. The Morgan fingerprint density at radius 2 is 2.00 bits per heavy atom. The Morgan fingerprint density at radius 1 is 1.24 bits per heavy atom. The third kappa shape index (κ3) is 4.16. The molecule has 0 radical (unpaired) electrons. The van der Waals surface area contributed by atoms with Crippen LogP contribution in [-0.2, 0) is 4.74 Å². The maximum atomic E-state index is 13.7. The van der Waals surface area contributed by atoms with E-state index in [1.807, 2.05) is 30.3 Å². The number of esters is 1. The molecule has 1 fully saturated rings. The highest BCUT2D eigenvalue weighted by molar-refractivity contribution is 7.15. The van der Waals surface area contributed by atoms with Gasteiger partial charge in [0.15, 0.2) is 11.3 Å². The third-order valence-electron chi connectivity index (χ3n) is 5.51. The van der Waals surface area contributed by atoms with Crippen LogP contribution in [0.5, 0.6) is 0 Å². The number of aromatic nitrogens is 3. The van der Waals surface area contributed by atoms with Gasteiger partial charge < -0.3 is 10.1 Å². The van der Waals surface area contributed by atoms with Crippen molar-refractivity contribution in [2.45, 2.75) is 32.1 Å². The minimum absolute atomic E-state index is 0.0770. The standard InChI is InChI=1S/C24H20F2N4O3S/c1-2-33-24(32)20-15(13-6-4-3-5-7-13)12-34-23(20)28-22(31)17-11-19-27-16(14-8-9-14)10-18(21(25)26)30(19)29-17/h3-7,10-12,14,21H,2,8-9H2,1H3,(H,28,31). The molecule has 3 heterocycles. The molecule has 3 aromatic heterocycles. The number of carbonyl (C=O) groups is 2. The van der Waals surface area contributed by atoms with Gasteiger partial charge in [0.25, 0.3) is 12.3 Å². The first-order valence-electron chi connectivity index (χ1n) is 10.8. The van der Waals surface area contributed by atoms with Gasteiger partial charge in [0.2, 0.25) is 0 Å². The summed E-state index contributed by atoms with van der Waals surface area (Å²) in [4.78, 5) is 30.2. The van der Waals surface area contributed by atoms with Crippen molar-refractivity contribution in [1.82, 2.24) is 14.6 Å². The van der Waals surface area contributed by atoms with Crippen molar-refractivity contribution < 1.29 is 23.1 Å². The zero-order valence-electron chi connectivity index (χ0n) is 18.1. The number of alkyl halides is 2. The number of hydrogen-bond donors (Lipinski definition) is 1. The quantitative estimate of drug-likeness (QED) is 0.342. The summed E-state index contributed by atoms with van der Waals surface area (Å²) in [5.41, 5.74) is 2.06. The summed E-state index contributed by atoms with van der Waals surface area (Å²) in [6.07, 6.45) is -0.946. The van der Waals surface area contributed by atoms with Crippen molar-refractivity contribution in [3.8, 4) is 11.1 Å². The van der Waals surface area contributed by atoms with Crippen molar-refractivity contribution >= 4 is 33.9 Å². The number of anilines is 1. The van der Waals surface area contributed by atoms with E-state index in [0.717, 1.165) is 22.9 Å². The van der Waals surface area contributed by atoms with Crippen molar-refractivity contribution in [2.24, 2.45) is 0 Å². The number of fused-ring (bicyclic) bond motifs is 1. The fraction of sp³-hybridized carbons (Fsp3) is 0.250. The van der Waals surface area contributed by atoms with E-state index < -0.39 is 18.3 Å². The molecule has 1 aliphatic rings. The molecular formula is C24H20F2N4O3S. The van der Waals surface area contributed by atoms with Crippen LogP contribution in [0.1, 0.15) is 64.3 Å². The molecule has 0 aliphatic heterocycles. The van der Waals surface area contributed by atoms with E-state index in [1.54, 1.807) is 12.3 Å². The van der Waals surface area contributed by atoms with Crippen LogP contribution in [0.25, 0.3) is 16.8 Å². The number of thiophene rings is 1. The predicted molar refractivity (Wildman–Crippen MR) is 124 cm³/mol. The molecule has 0 bridgehead atoms. The van der Waals surface area contributed by atoms with Crippen molar-refractivity contribution in [3.63, 3.8) is 0 Å². The first kappa shape index (κ1) is 22.1. The summed E-state index contributed by atoms with van der Waals surface area (Å²) in [5.74, 6) is -1.03. The molecule has 5 rings (SSSR count). The fourth-order valence-corrected chi connectivity index (χ4v) is 4.68. The molecule has 10 heteroatoms. The van der Waals surface area contributed by atoms with E-state index in [2.05, 4.69) is 15.4 Å². The van der Waals surface area contributed by atoms with Gasteiger partial charge in [-0.2, -0.15) is 5.10 Å². The molecule has 0 spiro atoms. The second kappa shape index (κ2) is 8.94. The van der Waals surface area contributed by atoms with Crippen LogP contribution in [0.2, 0.25) is 0 Å². The molecule has 0 atom stereocenters. The van der Waals surface area contributed by atoms with Gasteiger partial charge in [-0.05, 0) is 31.4 Å². The lowest BCUT2D eigenvalue weighted by atomic mass is 10.0. The Kier molecular flexibility index (Phi) is 5.82. The maximum Gasteiger partial charge on any atom is 0.341 e. The second-order valence-corrected chi connectivity index (χ2v) is 8.75. The largest absolute Gasteiger partial charge is 0.462 e. The molecule has 1 saturated carbocycles. The molecule has 1 aliphatic carbocycles. The van der Waals surface area contributed by atoms with Crippen molar-refractivity contribution in [3.05, 3.63) is 70.5 Å². The second-order valence-electron chi connectivity index (χ2n) is 7.87. The van der Waals surface area contributed by atoms with E-state index in [4.69, 9.17) is 4.74 Å². The summed E-state index contributed by atoms with van der Waals surface area (Å²) < 4.78 is 33.5. The number of halogens is 2. The van der Waals surface area contributed by atoms with Gasteiger partial charge in [0.05, 0.1) is 6.61 Å². The van der Waals surface area contributed by atoms with Crippen LogP contribution < -0.4 is 5.32 Å². The van der Waals surface area contributed by atoms with Gasteiger partial charge in [-0.25, -0.2) is 23.1 Å². The topological polar surface area (TPSA) is 85.6 Å². The number of rotatable bonds is 7. The molecule has 0 unspecified atom stereocenters. The lowest BCUT2D eigenvalue weighted by Gasteiger charge is -2.08. The number of nitrogens with one attached hydrogen (secondary N) is 1. The lowest BCUT2D eigenvalue weighted by molar-refractivity contribution is 0.0529. The summed E-state index contributed by atoms with van der Waals surface area (Å²) in [6, 6.07) is 12.0. The molecule has 7 nitrogen and oxygen atoms in total. The molecule has 4 aromatic rings. The van der Waals surface area contributed by atoms with E-state index >= 15 is 0 Å². The van der Waals surface area contributed by atoms with E-state index in [9.17, 15) is 18.4 Å². The highest BCUT2D eigenvalue weighted by Gasteiger charge is 2.29. The first-order chi connectivity index (χ1) is 16.5. The van der Waals surface area contributed by atoms with E-state index in [0.29, 0.717) is 16.3 Å². The van der Waals surface area contributed by atoms with E-state index in [1.165, 1.54) is 23.5 Å². The third-order valence-corrected chi connectivity index (χ3v) is 6.40. The molecule has 34 heavy (non-hydrogen) atoms. The SMILES string of the molecule is CCOC(=O)c1c(-c2ccccc2)csc1NC(=O)c1cc2nc(C3CC3)cc(C(F)F)n2n1. The average Bonchev–Trinajstić information content (AvgIpc) is 3.45. The lowest BCUT2D eigenvalue weighted by Crippen LogP contribution is -2.15. The normalized spacial score (nSPS) is 13.4. The number of carbonyl (C=O) groups excluding carboxylic acids is 2. The van der Waals surface area contributed by atoms with Gasteiger partial charge in [0.1, 0.15) is 16.3 Å². The van der Waals surface area contributed by atoms with Crippen LogP contribution in [0.4, 0.5) is 13.8 Å². The predicted octanol–water partition coefficient (Wildman–Crippen LogP) is 5.70. The van der Waals surface area contributed by atoms with Gasteiger partial charge in [-0.1, -0.05) is 30.3 Å². The maximum absolute atomic E-state index is 13.7. The molecule has 0 saturated heterocycles. The van der Waals surface area contributed by atoms with Gasteiger partial charge in [0, 0.05) is 28.6 Å². The number of nitrogens with zero attached hydrogens (tertiary/aromatic N) is 3. The zero-order chi connectivity index (χ0) is 23.8. The minimum Gasteiger partial charge on any atom is -0.462 e. The number of amides is 1. The smallest absolute Gasteiger partial charge is 0.341 e. The monoisotopic (exact) mass is 482 g/mol. The minimum atomic E-state index is -2.76. The Balaban J connectivity index is 1.50. The average molecular weight is 483 g/mol. The Morgan fingerprint density at radius 3 is 2.68 bits per heavy atom. The van der Waals surface area contributed by atoms with Crippen molar-refractivity contribution in [2.75, 3.05) is 11.9 Å². The zero-order valence-corrected chi connectivity index (χ0v) is 18.9. The fourth-order valence-electron chi connectivity index (χ4n) is 3.73. The number of hydrogen-bond acceptors (Lipinski definition) is 6. The Labute approximate surface area is 197 Å². The van der Waals surface area contributed by atoms with Crippen LogP contribution >= 0.6 is 11.3 Å². The summed E-state index contributed by atoms with van der Waals surface area (Å²) in [5, 5.41) is 8.84. The van der Waals surface area contributed by atoms with Crippen LogP contribution in [-0.4, -0.2) is 33.1 Å². The van der Waals surface area contributed by atoms with Crippen LogP contribution in [0.15, 0.2) is 47.8 Å². The van der Waals surface area contributed by atoms with Gasteiger partial charge in [-0.3, -0.25) is 4.79 Å². The van der Waals surface area contributed by atoms with Crippen LogP contribution in [0.3, 0.4) is 0 Å². The number of ether oxygens (including phenoxy) is 1. The Hall–Kier alpha value is -3.66. The summed E-state index contributed by atoms with van der Waals surface area (Å²) in [6.45, 7) is 1.87. The molecular weight excluding hydrogens is 462 g/mol. The number of benzene rings is 1. The Bertz CT molecular complexity index is 1380. The highest BCUT2D eigenvalue weighted by atomic mass is 32.1. The molecule has 1 amide bonds. The van der Waals surface area contributed by atoms with Gasteiger partial charge >= 0.3 is 5.97 Å².